The topological polar surface area (TPSA) is 50.1 Å². The van der Waals surface area contributed by atoms with Gasteiger partial charge in [-0.25, -0.2) is 4.98 Å². The van der Waals surface area contributed by atoms with E-state index in [1.807, 2.05) is 33.3 Å². The Labute approximate surface area is 110 Å². The summed E-state index contributed by atoms with van der Waals surface area (Å²) in [4.78, 5) is 4.07. The molecule has 4 nitrogen and oxygen atoms in total. The molecule has 0 bridgehead atoms. The molecule has 2 N–H and O–H groups in total. The fourth-order valence-corrected chi connectivity index (χ4v) is 1.69. The lowest BCUT2D eigenvalue weighted by Crippen LogP contribution is -2.54. The predicted octanol–water partition coefficient (Wildman–Crippen LogP) is 2.05. The first kappa shape index (κ1) is 15.2. The van der Waals surface area contributed by atoms with Gasteiger partial charge in [-0.05, 0) is 26.2 Å². The smallest absolute Gasteiger partial charge is 0.0946 e. The lowest BCUT2D eigenvalue weighted by atomic mass is 9.85. The largest absolute Gasteiger partial charge is 0.389 e. The van der Waals surface area contributed by atoms with E-state index in [4.69, 9.17) is 0 Å². The number of imidazole rings is 1. The third kappa shape index (κ3) is 4.42. The van der Waals surface area contributed by atoms with Crippen LogP contribution in [0, 0.1) is 5.41 Å². The Bertz CT molecular complexity index is 346. The SMILES string of the molecule is CC(NC(Cn1ccnc1)C(C)(C)C)C(C)(C)O. The molecule has 0 aliphatic rings. The van der Waals surface area contributed by atoms with Crippen LogP contribution >= 0.6 is 0 Å². The van der Waals surface area contributed by atoms with Gasteiger partial charge in [-0.3, -0.25) is 0 Å². The lowest BCUT2D eigenvalue weighted by Gasteiger charge is -2.38. The zero-order valence-electron chi connectivity index (χ0n) is 12.4. The van der Waals surface area contributed by atoms with Gasteiger partial charge in [0.2, 0.25) is 0 Å². The number of aromatic nitrogens is 2. The highest BCUT2D eigenvalue weighted by atomic mass is 16.3. The normalized spacial score (nSPS) is 16.6. The molecule has 0 aromatic carbocycles. The molecule has 18 heavy (non-hydrogen) atoms. The summed E-state index contributed by atoms with van der Waals surface area (Å²) in [6, 6.07) is 0.304. The van der Waals surface area contributed by atoms with Gasteiger partial charge in [0.15, 0.2) is 0 Å². The van der Waals surface area contributed by atoms with Crippen molar-refractivity contribution in [3.63, 3.8) is 0 Å². The average molecular weight is 253 g/mol. The monoisotopic (exact) mass is 253 g/mol. The van der Waals surface area contributed by atoms with Gasteiger partial charge in [-0.2, -0.15) is 0 Å². The van der Waals surface area contributed by atoms with Crippen molar-refractivity contribution in [3.05, 3.63) is 18.7 Å². The predicted molar refractivity (Wildman–Crippen MR) is 74.4 cm³/mol. The maximum Gasteiger partial charge on any atom is 0.0946 e. The molecule has 1 aromatic heterocycles. The third-order valence-electron chi connectivity index (χ3n) is 3.51. The van der Waals surface area contributed by atoms with Crippen molar-refractivity contribution in [2.75, 3.05) is 0 Å². The summed E-state index contributed by atoms with van der Waals surface area (Å²) in [5.74, 6) is 0. The van der Waals surface area contributed by atoms with Crippen LogP contribution in [-0.4, -0.2) is 32.3 Å². The van der Waals surface area contributed by atoms with Gasteiger partial charge in [0.05, 0.1) is 11.9 Å². The highest BCUT2D eigenvalue weighted by molar-refractivity contribution is 4.89. The van der Waals surface area contributed by atoms with Crippen LogP contribution < -0.4 is 5.32 Å². The van der Waals surface area contributed by atoms with Crippen LogP contribution in [-0.2, 0) is 6.54 Å². The van der Waals surface area contributed by atoms with Crippen LogP contribution in [0.1, 0.15) is 41.5 Å². The number of nitrogens with one attached hydrogen (secondary N) is 1. The van der Waals surface area contributed by atoms with Crippen LogP contribution in [0.3, 0.4) is 0 Å². The van der Waals surface area contributed by atoms with E-state index in [0.29, 0.717) is 0 Å². The Morgan fingerprint density at radius 3 is 2.28 bits per heavy atom. The first-order chi connectivity index (χ1) is 8.10. The quantitative estimate of drug-likeness (QED) is 0.844. The van der Waals surface area contributed by atoms with Crippen LogP contribution in [0.4, 0.5) is 0 Å². The maximum absolute atomic E-state index is 10.0. The van der Waals surface area contributed by atoms with Crippen molar-refractivity contribution >= 4 is 0 Å². The molecule has 4 heteroatoms. The molecule has 0 radical (unpaired) electrons. The molecule has 1 rings (SSSR count). The second-order valence-corrected chi connectivity index (χ2v) is 6.72. The molecule has 1 aromatic rings. The molecule has 2 unspecified atom stereocenters. The minimum absolute atomic E-state index is 0.0326. The van der Waals surface area contributed by atoms with E-state index in [1.54, 1.807) is 6.20 Å². The van der Waals surface area contributed by atoms with E-state index < -0.39 is 5.60 Å². The molecular weight excluding hydrogens is 226 g/mol. The van der Waals surface area contributed by atoms with E-state index in [1.165, 1.54) is 0 Å². The Kier molecular flexibility index (Phi) is 4.56. The second-order valence-electron chi connectivity index (χ2n) is 6.72. The van der Waals surface area contributed by atoms with Gasteiger partial charge in [0.1, 0.15) is 0 Å². The van der Waals surface area contributed by atoms with Gasteiger partial charge in [-0.1, -0.05) is 20.8 Å². The minimum Gasteiger partial charge on any atom is -0.389 e. The highest BCUT2D eigenvalue weighted by Crippen LogP contribution is 2.22. The van der Waals surface area contributed by atoms with E-state index in [9.17, 15) is 5.11 Å². The Morgan fingerprint density at radius 1 is 1.28 bits per heavy atom. The standard InChI is InChI=1S/C14H27N3O/c1-11(14(5,6)18)16-12(13(2,3)4)9-17-8-7-15-10-17/h7-8,10-12,16,18H,9H2,1-6H3. The molecule has 0 fully saturated rings. The summed E-state index contributed by atoms with van der Waals surface area (Å²) in [5.41, 5.74) is -0.609. The fraction of sp³-hybridized carbons (Fsp3) is 0.786. The molecule has 0 aliphatic heterocycles. The van der Waals surface area contributed by atoms with Crippen LogP contribution in [0.15, 0.2) is 18.7 Å². The Morgan fingerprint density at radius 2 is 1.89 bits per heavy atom. The zero-order chi connectivity index (χ0) is 14.0. The minimum atomic E-state index is -0.724. The molecule has 0 saturated heterocycles. The van der Waals surface area contributed by atoms with Crippen LogP contribution in [0.2, 0.25) is 0 Å². The molecule has 0 spiro atoms. The Balaban J connectivity index is 2.74. The third-order valence-corrected chi connectivity index (χ3v) is 3.51. The number of nitrogens with zero attached hydrogens (tertiary/aromatic N) is 2. The second kappa shape index (κ2) is 5.41. The lowest BCUT2D eigenvalue weighted by molar-refractivity contribution is 0.0309. The molecule has 0 aliphatic carbocycles. The summed E-state index contributed by atoms with van der Waals surface area (Å²) < 4.78 is 2.07. The van der Waals surface area contributed by atoms with Crippen LogP contribution in [0.5, 0.6) is 0 Å². The molecule has 2 atom stereocenters. The van der Waals surface area contributed by atoms with Crippen molar-refractivity contribution in [2.45, 2.75) is 65.8 Å². The molecule has 0 amide bonds. The average Bonchev–Trinajstić information content (AvgIpc) is 2.66. The molecule has 1 heterocycles. The van der Waals surface area contributed by atoms with Crippen molar-refractivity contribution in [2.24, 2.45) is 5.41 Å². The number of aliphatic hydroxyl groups is 1. The van der Waals surface area contributed by atoms with Gasteiger partial charge >= 0.3 is 0 Å². The van der Waals surface area contributed by atoms with Crippen molar-refractivity contribution in [3.8, 4) is 0 Å². The van der Waals surface area contributed by atoms with E-state index in [0.717, 1.165) is 6.54 Å². The number of hydrogen-bond donors (Lipinski definition) is 2. The Hall–Kier alpha value is -0.870. The fourth-order valence-electron chi connectivity index (χ4n) is 1.69. The van der Waals surface area contributed by atoms with Crippen LogP contribution in [0.25, 0.3) is 0 Å². The summed E-state index contributed by atoms with van der Waals surface area (Å²) >= 11 is 0. The van der Waals surface area contributed by atoms with Crippen molar-refractivity contribution in [1.29, 1.82) is 0 Å². The summed E-state index contributed by atoms with van der Waals surface area (Å²) in [7, 11) is 0. The summed E-state index contributed by atoms with van der Waals surface area (Å²) in [5, 5.41) is 13.6. The zero-order valence-corrected chi connectivity index (χ0v) is 12.4. The molecular formula is C14H27N3O. The van der Waals surface area contributed by atoms with Crippen molar-refractivity contribution < 1.29 is 5.11 Å². The maximum atomic E-state index is 10.0. The first-order valence-corrected chi connectivity index (χ1v) is 6.55. The van der Waals surface area contributed by atoms with E-state index in [-0.39, 0.29) is 17.5 Å². The van der Waals surface area contributed by atoms with Gasteiger partial charge in [0, 0.05) is 31.0 Å². The number of rotatable bonds is 5. The number of hydrogen-bond acceptors (Lipinski definition) is 3. The van der Waals surface area contributed by atoms with E-state index in [2.05, 4.69) is 35.6 Å². The summed E-state index contributed by atoms with van der Waals surface area (Å²) in [6.45, 7) is 13.2. The van der Waals surface area contributed by atoms with Gasteiger partial charge in [0.25, 0.3) is 0 Å². The first-order valence-electron chi connectivity index (χ1n) is 6.55. The van der Waals surface area contributed by atoms with Gasteiger partial charge in [-0.15, -0.1) is 0 Å². The van der Waals surface area contributed by atoms with Gasteiger partial charge < -0.3 is 15.0 Å². The van der Waals surface area contributed by atoms with Crippen molar-refractivity contribution in [1.82, 2.24) is 14.9 Å². The van der Waals surface area contributed by atoms with E-state index >= 15 is 0 Å². The highest BCUT2D eigenvalue weighted by Gasteiger charge is 2.30. The molecule has 0 saturated carbocycles. The summed E-state index contributed by atoms with van der Waals surface area (Å²) in [6.07, 6.45) is 5.59. The molecule has 104 valence electrons.